The molecule has 1 aromatic carbocycles. The lowest BCUT2D eigenvalue weighted by Gasteiger charge is -2.40. The predicted octanol–water partition coefficient (Wildman–Crippen LogP) is 1.15. The van der Waals surface area contributed by atoms with Gasteiger partial charge in [0.25, 0.3) is 0 Å². The molecule has 0 bridgehead atoms. The second-order valence-corrected chi connectivity index (χ2v) is 9.78. The maximum Gasteiger partial charge on any atom is 0.224 e. The second-order valence-electron chi connectivity index (χ2n) is 7.48. The van der Waals surface area contributed by atoms with Crippen molar-refractivity contribution >= 4 is 26.8 Å². The predicted molar refractivity (Wildman–Crippen MR) is 104 cm³/mol. The SMILES string of the molecule is O=C(CCn1cnc2ccccc21)N1CCN(C2CCS(=O)(=O)CC2)CC1. The Morgan fingerprint density at radius 1 is 1.07 bits per heavy atom. The van der Waals surface area contributed by atoms with E-state index in [1.807, 2.05) is 33.7 Å². The molecule has 27 heavy (non-hydrogen) atoms. The Kier molecular flexibility index (Phi) is 5.19. The van der Waals surface area contributed by atoms with E-state index >= 15 is 0 Å². The van der Waals surface area contributed by atoms with Crippen molar-refractivity contribution in [2.45, 2.75) is 31.8 Å². The minimum Gasteiger partial charge on any atom is -0.340 e. The Morgan fingerprint density at radius 2 is 1.78 bits per heavy atom. The highest BCUT2D eigenvalue weighted by Gasteiger charge is 2.30. The van der Waals surface area contributed by atoms with Gasteiger partial charge in [-0.1, -0.05) is 12.1 Å². The Balaban J connectivity index is 1.26. The van der Waals surface area contributed by atoms with E-state index in [0.29, 0.717) is 30.5 Å². The number of sulfone groups is 1. The van der Waals surface area contributed by atoms with E-state index in [-0.39, 0.29) is 5.91 Å². The fraction of sp³-hybridized carbons (Fsp3) is 0.579. The minimum absolute atomic E-state index is 0.179. The van der Waals surface area contributed by atoms with Crippen molar-refractivity contribution in [2.75, 3.05) is 37.7 Å². The molecule has 2 saturated heterocycles. The molecular weight excluding hydrogens is 364 g/mol. The number of para-hydroxylation sites is 2. The third-order valence-electron chi connectivity index (χ3n) is 5.80. The summed E-state index contributed by atoms with van der Waals surface area (Å²) in [6, 6.07) is 8.30. The molecule has 0 atom stereocenters. The summed E-state index contributed by atoms with van der Waals surface area (Å²) in [6.07, 6.45) is 3.73. The van der Waals surface area contributed by atoms with Gasteiger partial charge in [0, 0.05) is 45.2 Å². The molecule has 7 nitrogen and oxygen atoms in total. The van der Waals surface area contributed by atoms with E-state index in [2.05, 4.69) is 9.88 Å². The van der Waals surface area contributed by atoms with E-state index < -0.39 is 9.84 Å². The van der Waals surface area contributed by atoms with Gasteiger partial charge in [0.15, 0.2) is 0 Å². The molecular formula is C19H26N4O3S. The van der Waals surface area contributed by atoms with Gasteiger partial charge in [-0.25, -0.2) is 13.4 Å². The van der Waals surface area contributed by atoms with Gasteiger partial charge in [-0.2, -0.15) is 0 Å². The number of imidazole rings is 1. The molecule has 0 aliphatic carbocycles. The largest absolute Gasteiger partial charge is 0.340 e. The third kappa shape index (κ3) is 4.16. The van der Waals surface area contributed by atoms with E-state index in [9.17, 15) is 13.2 Å². The Bertz CT molecular complexity index is 902. The Hall–Kier alpha value is -1.93. The van der Waals surface area contributed by atoms with Crippen LogP contribution in [0.5, 0.6) is 0 Å². The molecule has 8 heteroatoms. The number of benzene rings is 1. The number of hydrogen-bond acceptors (Lipinski definition) is 5. The number of amides is 1. The molecule has 3 heterocycles. The molecule has 2 aliphatic rings. The number of carbonyl (C=O) groups excluding carboxylic acids is 1. The van der Waals surface area contributed by atoms with Gasteiger partial charge in [-0.3, -0.25) is 9.69 Å². The first-order valence-corrected chi connectivity index (χ1v) is 11.5. The van der Waals surface area contributed by atoms with Crippen LogP contribution in [0, 0.1) is 0 Å². The van der Waals surface area contributed by atoms with Gasteiger partial charge in [0.1, 0.15) is 9.84 Å². The van der Waals surface area contributed by atoms with Crippen LogP contribution in [0.1, 0.15) is 19.3 Å². The molecule has 2 fully saturated rings. The quantitative estimate of drug-likeness (QED) is 0.783. The number of aromatic nitrogens is 2. The summed E-state index contributed by atoms with van der Waals surface area (Å²) in [5.74, 6) is 0.782. The Labute approximate surface area is 159 Å². The van der Waals surface area contributed by atoms with Crippen LogP contribution in [0.4, 0.5) is 0 Å². The number of piperazine rings is 1. The fourth-order valence-electron chi connectivity index (χ4n) is 4.14. The minimum atomic E-state index is -2.82. The standard InChI is InChI=1S/C19H26N4O3S/c24-19(5-8-23-15-20-17-3-1-2-4-18(17)23)22-11-9-21(10-12-22)16-6-13-27(25,26)14-7-16/h1-4,15-16H,5-14H2. The van der Waals surface area contributed by atoms with Crippen molar-refractivity contribution in [3.63, 3.8) is 0 Å². The van der Waals surface area contributed by atoms with Crippen LogP contribution in [0.2, 0.25) is 0 Å². The van der Waals surface area contributed by atoms with Gasteiger partial charge in [-0.05, 0) is 25.0 Å². The average Bonchev–Trinajstić information content (AvgIpc) is 3.09. The second kappa shape index (κ2) is 7.59. The lowest BCUT2D eigenvalue weighted by atomic mass is 10.1. The van der Waals surface area contributed by atoms with Gasteiger partial charge in [-0.15, -0.1) is 0 Å². The number of carbonyl (C=O) groups is 1. The molecule has 146 valence electrons. The summed E-state index contributed by atoms with van der Waals surface area (Å²) in [5.41, 5.74) is 2.01. The molecule has 0 radical (unpaired) electrons. The lowest BCUT2D eigenvalue weighted by Crippen LogP contribution is -2.53. The van der Waals surface area contributed by atoms with Gasteiger partial charge in [0.2, 0.25) is 5.91 Å². The first-order valence-electron chi connectivity index (χ1n) is 9.64. The summed E-state index contributed by atoms with van der Waals surface area (Å²) >= 11 is 0. The zero-order chi connectivity index (χ0) is 18.9. The number of fused-ring (bicyclic) bond motifs is 1. The number of aryl methyl sites for hydroxylation is 1. The highest BCUT2D eigenvalue weighted by atomic mass is 32.2. The zero-order valence-electron chi connectivity index (χ0n) is 15.5. The molecule has 1 amide bonds. The van der Waals surface area contributed by atoms with Crippen molar-refractivity contribution < 1.29 is 13.2 Å². The van der Waals surface area contributed by atoms with Crippen LogP contribution >= 0.6 is 0 Å². The van der Waals surface area contributed by atoms with Crippen molar-refractivity contribution in [1.82, 2.24) is 19.4 Å². The molecule has 4 rings (SSSR count). The maximum absolute atomic E-state index is 12.6. The third-order valence-corrected chi connectivity index (χ3v) is 7.52. The maximum atomic E-state index is 12.6. The summed E-state index contributed by atoms with van der Waals surface area (Å²) in [4.78, 5) is 21.3. The normalized spacial score (nSPS) is 21.6. The topological polar surface area (TPSA) is 75.5 Å². The average molecular weight is 391 g/mol. The molecule has 0 N–H and O–H groups in total. The Morgan fingerprint density at radius 3 is 2.52 bits per heavy atom. The number of hydrogen-bond donors (Lipinski definition) is 0. The van der Waals surface area contributed by atoms with Gasteiger partial charge in [0.05, 0.1) is 28.9 Å². The molecule has 1 aromatic heterocycles. The summed E-state index contributed by atoms with van der Waals surface area (Å²) < 4.78 is 25.2. The van der Waals surface area contributed by atoms with Crippen LogP contribution in [0.15, 0.2) is 30.6 Å². The van der Waals surface area contributed by atoms with E-state index in [0.717, 1.165) is 50.1 Å². The van der Waals surface area contributed by atoms with E-state index in [1.54, 1.807) is 6.33 Å². The van der Waals surface area contributed by atoms with Crippen molar-refractivity contribution in [3.05, 3.63) is 30.6 Å². The summed E-state index contributed by atoms with van der Waals surface area (Å²) in [6.45, 7) is 3.77. The molecule has 0 saturated carbocycles. The van der Waals surface area contributed by atoms with Crippen molar-refractivity contribution in [1.29, 1.82) is 0 Å². The molecule has 0 spiro atoms. The van der Waals surface area contributed by atoms with E-state index in [4.69, 9.17) is 0 Å². The molecule has 0 unspecified atom stereocenters. The van der Waals surface area contributed by atoms with Gasteiger partial charge >= 0.3 is 0 Å². The number of nitrogens with zero attached hydrogens (tertiary/aromatic N) is 4. The summed E-state index contributed by atoms with van der Waals surface area (Å²) in [7, 11) is -2.82. The highest BCUT2D eigenvalue weighted by Crippen LogP contribution is 2.20. The first kappa shape index (κ1) is 18.4. The van der Waals surface area contributed by atoms with Gasteiger partial charge < -0.3 is 9.47 Å². The zero-order valence-corrected chi connectivity index (χ0v) is 16.3. The van der Waals surface area contributed by atoms with Crippen LogP contribution in [0.25, 0.3) is 11.0 Å². The molecule has 2 aliphatic heterocycles. The fourth-order valence-corrected chi connectivity index (χ4v) is 5.61. The van der Waals surface area contributed by atoms with Crippen molar-refractivity contribution in [3.8, 4) is 0 Å². The monoisotopic (exact) mass is 390 g/mol. The summed E-state index contributed by atoms with van der Waals surface area (Å²) in [5, 5.41) is 0. The van der Waals surface area contributed by atoms with E-state index in [1.165, 1.54) is 0 Å². The molecule has 2 aromatic rings. The highest BCUT2D eigenvalue weighted by molar-refractivity contribution is 7.91. The smallest absolute Gasteiger partial charge is 0.224 e. The van der Waals surface area contributed by atoms with Crippen LogP contribution < -0.4 is 0 Å². The van der Waals surface area contributed by atoms with Crippen LogP contribution in [-0.2, 0) is 21.2 Å². The number of rotatable bonds is 4. The first-order chi connectivity index (χ1) is 13.0. The van der Waals surface area contributed by atoms with Crippen LogP contribution in [0.3, 0.4) is 0 Å². The van der Waals surface area contributed by atoms with Crippen LogP contribution in [-0.4, -0.2) is 77.4 Å². The lowest BCUT2D eigenvalue weighted by molar-refractivity contribution is -0.133. The van der Waals surface area contributed by atoms with Crippen molar-refractivity contribution in [2.24, 2.45) is 0 Å².